The second kappa shape index (κ2) is 6.48. The largest absolute Gasteiger partial charge is 0.343 e. The van der Waals surface area contributed by atoms with Crippen molar-refractivity contribution in [2.24, 2.45) is 5.92 Å². The van der Waals surface area contributed by atoms with Crippen molar-refractivity contribution >= 4 is 28.3 Å². The molecule has 1 N–H and O–H groups in total. The van der Waals surface area contributed by atoms with Crippen LogP contribution in [0.4, 0.5) is 11.5 Å². The van der Waals surface area contributed by atoms with Crippen LogP contribution in [0.2, 0.25) is 0 Å². The van der Waals surface area contributed by atoms with E-state index >= 15 is 0 Å². The first-order chi connectivity index (χ1) is 13.3. The van der Waals surface area contributed by atoms with Gasteiger partial charge in [-0.2, -0.15) is 0 Å². The molecule has 0 saturated heterocycles. The number of fused-ring (bicyclic) bond motifs is 4. The predicted octanol–water partition coefficient (Wildman–Crippen LogP) is 4.13. The number of nitrogens with one attached hydrogen (secondary N) is 1. The maximum Gasteiger partial charge on any atom is 0.146 e. The minimum atomic E-state index is 0.135. The molecule has 0 fully saturated rings. The normalized spacial score (nSPS) is 18.6. The number of benzene rings is 1. The van der Waals surface area contributed by atoms with Gasteiger partial charge in [0.15, 0.2) is 0 Å². The van der Waals surface area contributed by atoms with E-state index in [1.807, 2.05) is 0 Å². The highest BCUT2D eigenvalue weighted by Gasteiger charge is 2.30. The predicted molar refractivity (Wildman–Crippen MR) is 106 cm³/mol. The van der Waals surface area contributed by atoms with Crippen LogP contribution in [-0.2, 0) is 24.1 Å². The van der Waals surface area contributed by atoms with Crippen LogP contribution >= 0.6 is 0 Å². The van der Waals surface area contributed by atoms with Crippen LogP contribution in [0.1, 0.15) is 43.0 Å². The van der Waals surface area contributed by atoms with E-state index in [0.717, 1.165) is 55.5 Å². The van der Waals surface area contributed by atoms with E-state index in [9.17, 15) is 4.79 Å². The van der Waals surface area contributed by atoms with E-state index in [1.165, 1.54) is 22.5 Å². The number of hydrogen-bond acceptors (Lipinski definition) is 4. The van der Waals surface area contributed by atoms with Crippen molar-refractivity contribution in [3.05, 3.63) is 47.4 Å². The highest BCUT2D eigenvalue weighted by Crippen LogP contribution is 2.40. The highest BCUT2D eigenvalue weighted by atomic mass is 16.1. The number of hydrogen-bond donors (Lipinski definition) is 1. The minimum Gasteiger partial charge on any atom is -0.343 e. The molecule has 2 aromatic heterocycles. The molecule has 1 aliphatic carbocycles. The Morgan fingerprint density at radius 1 is 1.26 bits per heavy atom. The van der Waals surface area contributed by atoms with Crippen LogP contribution in [0.3, 0.4) is 0 Å². The van der Waals surface area contributed by atoms with Gasteiger partial charge in [-0.15, -0.1) is 0 Å². The number of carbonyl (C=O) groups is 1. The molecule has 1 unspecified atom stereocenters. The zero-order chi connectivity index (χ0) is 18.4. The van der Waals surface area contributed by atoms with Gasteiger partial charge in [0, 0.05) is 30.3 Å². The lowest BCUT2D eigenvalue weighted by Gasteiger charge is -2.23. The van der Waals surface area contributed by atoms with E-state index in [1.54, 1.807) is 6.33 Å². The molecule has 138 valence electrons. The number of aromatic amines is 1. The Kier molecular flexibility index (Phi) is 3.96. The topological polar surface area (TPSA) is 61.9 Å². The van der Waals surface area contributed by atoms with Crippen molar-refractivity contribution in [2.75, 3.05) is 11.4 Å². The van der Waals surface area contributed by atoms with Gasteiger partial charge in [-0.3, -0.25) is 4.79 Å². The van der Waals surface area contributed by atoms with Crippen molar-refractivity contribution in [3.8, 4) is 0 Å². The van der Waals surface area contributed by atoms with Crippen LogP contribution in [0, 0.1) is 5.92 Å². The number of H-pyrrole nitrogens is 1. The van der Waals surface area contributed by atoms with Crippen molar-refractivity contribution < 1.29 is 4.79 Å². The molecular weight excluding hydrogens is 336 g/mol. The Morgan fingerprint density at radius 3 is 3.04 bits per heavy atom. The third-order valence-electron chi connectivity index (χ3n) is 6.05. The van der Waals surface area contributed by atoms with Crippen LogP contribution in [0.5, 0.6) is 0 Å². The molecule has 0 spiro atoms. The number of aryl methyl sites for hydroxylation is 1. The Balaban J connectivity index is 1.60. The molecule has 1 atom stereocenters. The summed E-state index contributed by atoms with van der Waals surface area (Å²) in [5, 5.41) is 1.11. The van der Waals surface area contributed by atoms with Crippen molar-refractivity contribution in [1.82, 2.24) is 15.0 Å². The third-order valence-corrected chi connectivity index (χ3v) is 6.05. The summed E-state index contributed by atoms with van der Waals surface area (Å²) in [5.74, 6) is 1.52. The lowest BCUT2D eigenvalue weighted by molar-refractivity contribution is -0.123. The fourth-order valence-corrected chi connectivity index (χ4v) is 4.71. The van der Waals surface area contributed by atoms with Crippen LogP contribution in [-0.4, -0.2) is 27.3 Å². The lowest BCUT2D eigenvalue weighted by atomic mass is 9.83. The van der Waals surface area contributed by atoms with Crippen molar-refractivity contribution in [2.45, 2.75) is 45.4 Å². The van der Waals surface area contributed by atoms with E-state index in [2.05, 4.69) is 51.0 Å². The summed E-state index contributed by atoms with van der Waals surface area (Å²) in [6.07, 6.45) is 6.96. The third kappa shape index (κ3) is 2.64. The smallest absolute Gasteiger partial charge is 0.146 e. The Hall–Kier alpha value is -2.69. The average Bonchev–Trinajstić information content (AvgIpc) is 3.29. The van der Waals surface area contributed by atoms with Gasteiger partial charge in [0.1, 0.15) is 23.6 Å². The molecule has 0 amide bonds. The molecule has 1 aliphatic heterocycles. The fourth-order valence-electron chi connectivity index (χ4n) is 4.71. The number of para-hydroxylation sites is 1. The first-order valence-corrected chi connectivity index (χ1v) is 9.99. The van der Waals surface area contributed by atoms with Crippen LogP contribution in [0.15, 0.2) is 30.6 Å². The lowest BCUT2D eigenvalue weighted by Crippen LogP contribution is -2.22. The van der Waals surface area contributed by atoms with Gasteiger partial charge < -0.3 is 9.88 Å². The van der Waals surface area contributed by atoms with Crippen molar-refractivity contribution in [1.29, 1.82) is 0 Å². The molecule has 3 heterocycles. The van der Waals surface area contributed by atoms with Gasteiger partial charge in [0.05, 0.1) is 5.39 Å². The molecular formula is C22H24N4O. The number of ketones is 1. The zero-order valence-electron chi connectivity index (χ0n) is 15.7. The Labute approximate surface area is 158 Å². The van der Waals surface area contributed by atoms with Crippen LogP contribution < -0.4 is 4.90 Å². The monoisotopic (exact) mass is 360 g/mol. The number of carbonyl (C=O) groups excluding carboxylic acids is 1. The number of aromatic nitrogens is 3. The van der Waals surface area contributed by atoms with Crippen LogP contribution in [0.25, 0.3) is 11.0 Å². The molecule has 5 heteroatoms. The first kappa shape index (κ1) is 16.5. The summed E-state index contributed by atoms with van der Waals surface area (Å²) in [6.45, 7) is 3.01. The quantitative estimate of drug-likeness (QED) is 0.760. The number of nitrogens with zero attached hydrogens (tertiary/aromatic N) is 3. The second-order valence-electron chi connectivity index (χ2n) is 7.69. The number of Topliss-reactive ketones (excluding diaryl/α,β-unsaturated/α-hetero) is 1. The molecule has 3 aromatic rings. The van der Waals surface area contributed by atoms with E-state index < -0.39 is 0 Å². The summed E-state index contributed by atoms with van der Waals surface area (Å²) in [7, 11) is 0. The summed E-state index contributed by atoms with van der Waals surface area (Å²) in [6, 6.07) is 8.55. The van der Waals surface area contributed by atoms with E-state index in [0.29, 0.717) is 12.2 Å². The average molecular weight is 360 g/mol. The highest BCUT2D eigenvalue weighted by molar-refractivity contribution is 5.95. The van der Waals surface area contributed by atoms with Gasteiger partial charge in [-0.25, -0.2) is 9.97 Å². The maximum absolute atomic E-state index is 12.5. The molecule has 27 heavy (non-hydrogen) atoms. The van der Waals surface area contributed by atoms with E-state index in [4.69, 9.17) is 0 Å². The number of anilines is 2. The summed E-state index contributed by atoms with van der Waals surface area (Å²) in [5.41, 5.74) is 6.00. The molecule has 0 bridgehead atoms. The SMILES string of the molecule is CCCC(=O)C1CCc2[nH]c3ncnc(N4CCc5ccccc54)c3c2C1. The minimum absolute atomic E-state index is 0.135. The summed E-state index contributed by atoms with van der Waals surface area (Å²) in [4.78, 5) is 27.5. The van der Waals surface area contributed by atoms with Gasteiger partial charge in [0.25, 0.3) is 0 Å². The summed E-state index contributed by atoms with van der Waals surface area (Å²) < 4.78 is 0. The molecule has 2 aliphatic rings. The summed E-state index contributed by atoms with van der Waals surface area (Å²) >= 11 is 0. The van der Waals surface area contributed by atoms with E-state index in [-0.39, 0.29) is 5.92 Å². The van der Waals surface area contributed by atoms with Gasteiger partial charge in [-0.1, -0.05) is 25.1 Å². The maximum atomic E-state index is 12.5. The molecule has 5 nitrogen and oxygen atoms in total. The first-order valence-electron chi connectivity index (χ1n) is 9.99. The fraction of sp³-hybridized carbons (Fsp3) is 0.409. The molecule has 1 aromatic carbocycles. The standard InChI is InChI=1S/C22H24N4O/c1-2-5-19(27)15-8-9-17-16(12-15)20-21(25-17)23-13-24-22(20)26-11-10-14-6-3-4-7-18(14)26/h3-4,6-7,13,15H,2,5,8-12H2,1H3,(H,23,24,25). The molecule has 0 saturated carbocycles. The van der Waals surface area contributed by atoms with Gasteiger partial charge >= 0.3 is 0 Å². The second-order valence-corrected chi connectivity index (χ2v) is 7.69. The number of rotatable bonds is 4. The Bertz CT molecular complexity index is 1020. The molecule has 0 radical (unpaired) electrons. The van der Waals surface area contributed by atoms with Gasteiger partial charge in [0.2, 0.25) is 0 Å². The van der Waals surface area contributed by atoms with Gasteiger partial charge in [-0.05, 0) is 49.3 Å². The zero-order valence-corrected chi connectivity index (χ0v) is 15.7. The Morgan fingerprint density at radius 2 is 2.15 bits per heavy atom. The molecule has 5 rings (SSSR count). The van der Waals surface area contributed by atoms with Crippen molar-refractivity contribution in [3.63, 3.8) is 0 Å².